The number of carbonyl (C=O) groups excluding carboxylic acids is 1. The third-order valence-electron chi connectivity index (χ3n) is 5.21. The van der Waals surface area contributed by atoms with Crippen molar-refractivity contribution >= 4 is 22.8 Å². The summed E-state index contributed by atoms with van der Waals surface area (Å²) in [6, 6.07) is 3.96. The molecule has 0 aliphatic carbocycles. The zero-order valence-corrected chi connectivity index (χ0v) is 19.7. The van der Waals surface area contributed by atoms with Crippen molar-refractivity contribution in [3.8, 4) is 0 Å². The average Bonchev–Trinajstić information content (AvgIpc) is 2.63. The Kier molecular flexibility index (Phi) is 12.9. The Morgan fingerprint density at radius 1 is 1.04 bits per heavy atom. The van der Waals surface area contributed by atoms with Gasteiger partial charge >= 0.3 is 14.5 Å². The van der Waals surface area contributed by atoms with Crippen LogP contribution in [-0.2, 0) is 18.1 Å². The lowest BCUT2D eigenvalue weighted by molar-refractivity contribution is -0.136. The molecule has 0 N–H and O–H groups in total. The van der Waals surface area contributed by atoms with E-state index < -0.39 is 16.9 Å². The minimum atomic E-state index is -2.06. The van der Waals surface area contributed by atoms with E-state index in [1.807, 2.05) is 0 Å². The highest BCUT2D eigenvalue weighted by Crippen LogP contribution is 2.22. The van der Waals surface area contributed by atoms with Crippen LogP contribution in [0.4, 0.5) is 0 Å². The molecule has 0 aliphatic rings. The van der Waals surface area contributed by atoms with Crippen molar-refractivity contribution in [2.75, 3.05) is 33.4 Å². The van der Waals surface area contributed by atoms with Crippen molar-refractivity contribution in [1.82, 2.24) is 4.90 Å². The smallest absolute Gasteiger partial charge is 0.334 e. The van der Waals surface area contributed by atoms with Gasteiger partial charge in [0.2, 0.25) is 0 Å². The van der Waals surface area contributed by atoms with E-state index in [9.17, 15) is 4.79 Å². The van der Waals surface area contributed by atoms with E-state index in [-0.39, 0.29) is 5.97 Å². The van der Waals surface area contributed by atoms with Gasteiger partial charge in [-0.15, -0.1) is 0 Å². The fraction of sp³-hybridized carbons (Fsp3) is 0.944. The first-order valence-corrected chi connectivity index (χ1v) is 15.0. The average molecular weight is 392 g/mol. The summed E-state index contributed by atoms with van der Waals surface area (Å²) in [6.45, 7) is 15.7. The van der Waals surface area contributed by atoms with Crippen LogP contribution < -0.4 is 0 Å². The SMILES string of the molecule is CCCO[Si](C)(CCCN(CC)CC(=O)O[Si](CC)(CC)CC)OC. The quantitative estimate of drug-likeness (QED) is 0.387. The summed E-state index contributed by atoms with van der Waals surface area (Å²) in [5.41, 5.74) is 0. The number of rotatable bonds is 15. The van der Waals surface area contributed by atoms with Gasteiger partial charge in [0.15, 0.2) is 0 Å². The normalized spacial score (nSPS) is 14.6. The van der Waals surface area contributed by atoms with Gasteiger partial charge in [0, 0.05) is 13.7 Å². The van der Waals surface area contributed by atoms with E-state index in [0.29, 0.717) is 6.54 Å². The van der Waals surface area contributed by atoms with Gasteiger partial charge in [-0.25, -0.2) is 0 Å². The van der Waals surface area contributed by atoms with E-state index in [4.69, 9.17) is 13.3 Å². The second-order valence-corrected chi connectivity index (χ2v) is 15.0. The Morgan fingerprint density at radius 3 is 2.08 bits per heavy atom. The number of nitrogens with zero attached hydrogens (tertiary/aromatic N) is 1. The molecule has 0 fully saturated rings. The van der Waals surface area contributed by atoms with Gasteiger partial charge in [-0.05, 0) is 56.7 Å². The zero-order valence-electron chi connectivity index (χ0n) is 17.7. The van der Waals surface area contributed by atoms with Crippen LogP contribution >= 0.6 is 0 Å². The first kappa shape index (κ1) is 24.8. The second kappa shape index (κ2) is 13.0. The minimum Gasteiger partial charge on any atom is -0.518 e. The molecule has 0 radical (unpaired) electrons. The van der Waals surface area contributed by atoms with Gasteiger partial charge in [-0.3, -0.25) is 9.69 Å². The summed E-state index contributed by atoms with van der Waals surface area (Å²) in [7, 11) is -2.16. The van der Waals surface area contributed by atoms with Crippen molar-refractivity contribution in [2.24, 2.45) is 0 Å². The molecule has 0 amide bonds. The fourth-order valence-electron chi connectivity index (χ4n) is 2.95. The van der Waals surface area contributed by atoms with Crippen LogP contribution in [0.2, 0.25) is 30.7 Å². The molecule has 0 aromatic heterocycles. The van der Waals surface area contributed by atoms with Crippen LogP contribution in [0.1, 0.15) is 47.5 Å². The van der Waals surface area contributed by atoms with Crippen LogP contribution in [0.5, 0.6) is 0 Å². The molecule has 0 aromatic carbocycles. The first-order valence-electron chi connectivity index (χ1n) is 9.97. The molecule has 1 atom stereocenters. The maximum absolute atomic E-state index is 12.4. The van der Waals surface area contributed by atoms with E-state index in [0.717, 1.165) is 56.7 Å². The van der Waals surface area contributed by atoms with Crippen molar-refractivity contribution < 1.29 is 18.1 Å². The summed E-state index contributed by atoms with van der Waals surface area (Å²) in [5.74, 6) is -0.0481. The maximum Gasteiger partial charge on any atom is 0.334 e. The molecule has 0 heterocycles. The largest absolute Gasteiger partial charge is 0.518 e. The molecule has 7 heteroatoms. The summed E-state index contributed by atoms with van der Waals surface area (Å²) in [6.07, 6.45) is 2.00. The Bertz CT molecular complexity index is 359. The molecular formula is C18H41NO4Si2. The lowest BCUT2D eigenvalue weighted by atomic mass is 10.4. The summed E-state index contributed by atoms with van der Waals surface area (Å²) >= 11 is 0. The number of hydrogen-bond donors (Lipinski definition) is 0. The molecule has 150 valence electrons. The minimum absolute atomic E-state index is 0.0481. The van der Waals surface area contributed by atoms with Gasteiger partial charge in [-0.1, -0.05) is 34.6 Å². The Labute approximate surface area is 157 Å². The highest BCUT2D eigenvalue weighted by Gasteiger charge is 2.33. The lowest BCUT2D eigenvalue weighted by Gasteiger charge is -2.30. The summed E-state index contributed by atoms with van der Waals surface area (Å²) in [5, 5.41) is 0. The molecule has 0 saturated carbocycles. The molecule has 25 heavy (non-hydrogen) atoms. The Balaban J connectivity index is 4.44. The highest BCUT2D eigenvalue weighted by molar-refractivity contribution is 6.74. The van der Waals surface area contributed by atoms with Crippen molar-refractivity contribution in [3.05, 3.63) is 0 Å². The van der Waals surface area contributed by atoms with Crippen molar-refractivity contribution in [2.45, 2.75) is 78.2 Å². The fourth-order valence-corrected chi connectivity index (χ4v) is 7.33. The summed E-state index contributed by atoms with van der Waals surface area (Å²) in [4.78, 5) is 14.6. The highest BCUT2D eigenvalue weighted by atomic mass is 28.4. The predicted molar refractivity (Wildman–Crippen MR) is 110 cm³/mol. The van der Waals surface area contributed by atoms with Crippen molar-refractivity contribution in [3.63, 3.8) is 0 Å². The zero-order chi connectivity index (χ0) is 19.3. The van der Waals surface area contributed by atoms with Gasteiger partial charge in [0.1, 0.15) is 0 Å². The first-order chi connectivity index (χ1) is 11.8. The van der Waals surface area contributed by atoms with Crippen LogP contribution in [0.15, 0.2) is 0 Å². The van der Waals surface area contributed by atoms with Gasteiger partial charge in [0.05, 0.1) is 6.54 Å². The van der Waals surface area contributed by atoms with E-state index in [2.05, 4.69) is 46.1 Å². The van der Waals surface area contributed by atoms with Gasteiger partial charge in [-0.2, -0.15) is 0 Å². The number of hydrogen-bond acceptors (Lipinski definition) is 5. The number of carbonyl (C=O) groups is 1. The van der Waals surface area contributed by atoms with E-state index in [1.165, 1.54) is 0 Å². The Morgan fingerprint density at radius 2 is 1.64 bits per heavy atom. The van der Waals surface area contributed by atoms with Gasteiger partial charge < -0.3 is 13.3 Å². The van der Waals surface area contributed by atoms with Crippen molar-refractivity contribution in [1.29, 1.82) is 0 Å². The second-order valence-electron chi connectivity index (χ2n) is 6.88. The standard InChI is InChI=1S/C18H41NO4Si2/c1-8-15-22-24(7,21-6)16-13-14-19(9-2)17-18(20)23-25(10-3,11-4)12-5/h8-17H2,1-7H3. The molecule has 0 spiro atoms. The summed E-state index contributed by atoms with van der Waals surface area (Å²) < 4.78 is 17.6. The third-order valence-corrected chi connectivity index (χ3v) is 12.7. The molecule has 0 bridgehead atoms. The molecule has 0 saturated heterocycles. The number of likely N-dealkylation sites (N-methyl/N-ethyl adjacent to an activating group) is 1. The predicted octanol–water partition coefficient (Wildman–Crippen LogP) is 4.39. The van der Waals surface area contributed by atoms with Crippen LogP contribution in [0.25, 0.3) is 0 Å². The molecule has 1 unspecified atom stereocenters. The third kappa shape index (κ3) is 9.33. The van der Waals surface area contributed by atoms with Gasteiger partial charge in [0.25, 0.3) is 8.32 Å². The molecule has 0 rings (SSSR count). The van der Waals surface area contributed by atoms with E-state index >= 15 is 0 Å². The lowest BCUT2D eigenvalue weighted by Crippen LogP contribution is -2.42. The van der Waals surface area contributed by atoms with Crippen LogP contribution in [0.3, 0.4) is 0 Å². The van der Waals surface area contributed by atoms with Crippen LogP contribution in [0, 0.1) is 0 Å². The maximum atomic E-state index is 12.4. The topological polar surface area (TPSA) is 48.0 Å². The van der Waals surface area contributed by atoms with Crippen LogP contribution in [-0.4, -0.2) is 61.1 Å². The monoisotopic (exact) mass is 391 g/mol. The molecule has 5 nitrogen and oxygen atoms in total. The van der Waals surface area contributed by atoms with E-state index in [1.54, 1.807) is 7.11 Å². The Hall–Kier alpha value is -0.216. The molecular weight excluding hydrogens is 350 g/mol. The molecule has 0 aliphatic heterocycles. The molecule has 0 aromatic rings.